The van der Waals surface area contributed by atoms with Crippen molar-refractivity contribution in [2.24, 2.45) is 11.7 Å². The molecular formula is C14H21ClN2O2. The minimum Gasteiger partial charge on any atom is -0.492 e. The van der Waals surface area contributed by atoms with Gasteiger partial charge in [0.25, 0.3) is 0 Å². The highest BCUT2D eigenvalue weighted by Gasteiger charge is 2.20. The van der Waals surface area contributed by atoms with Crippen LogP contribution in [0.2, 0.25) is 5.02 Å². The molecule has 106 valence electrons. The number of nitrogens with two attached hydrogens (primary N) is 1. The van der Waals surface area contributed by atoms with E-state index in [4.69, 9.17) is 22.1 Å². The van der Waals surface area contributed by atoms with Crippen molar-refractivity contribution in [3.63, 3.8) is 0 Å². The second-order valence-electron chi connectivity index (χ2n) is 4.83. The standard InChI is InChI=1S/C14H21ClN2O2/c1-10(2)13(16)14(18)17(3)8-9-19-12-6-4-11(15)5-7-12/h4-7,10,13H,8-9,16H2,1-3H3/t13-/m1/s1. The molecule has 1 amide bonds. The van der Waals surface area contributed by atoms with Crippen molar-refractivity contribution in [3.05, 3.63) is 29.3 Å². The fourth-order valence-corrected chi connectivity index (χ4v) is 1.61. The van der Waals surface area contributed by atoms with E-state index < -0.39 is 6.04 Å². The topological polar surface area (TPSA) is 55.6 Å². The van der Waals surface area contributed by atoms with Crippen LogP contribution in [-0.2, 0) is 4.79 Å². The number of amides is 1. The van der Waals surface area contributed by atoms with Gasteiger partial charge >= 0.3 is 0 Å². The Morgan fingerprint density at radius 1 is 1.37 bits per heavy atom. The molecule has 0 aromatic heterocycles. The van der Waals surface area contributed by atoms with Crippen LogP contribution in [0.5, 0.6) is 5.75 Å². The number of rotatable bonds is 6. The lowest BCUT2D eigenvalue weighted by atomic mass is 10.0. The van der Waals surface area contributed by atoms with E-state index in [0.29, 0.717) is 18.2 Å². The van der Waals surface area contributed by atoms with Crippen molar-refractivity contribution in [1.82, 2.24) is 4.90 Å². The molecule has 0 aliphatic rings. The molecule has 5 heteroatoms. The van der Waals surface area contributed by atoms with E-state index in [1.165, 1.54) is 0 Å². The minimum atomic E-state index is -0.458. The maximum Gasteiger partial charge on any atom is 0.239 e. The molecule has 0 bridgehead atoms. The van der Waals surface area contributed by atoms with Gasteiger partial charge in [0.05, 0.1) is 12.6 Å². The molecule has 0 unspecified atom stereocenters. The molecule has 19 heavy (non-hydrogen) atoms. The number of carbonyl (C=O) groups excluding carboxylic acids is 1. The number of benzene rings is 1. The maximum absolute atomic E-state index is 11.9. The van der Waals surface area contributed by atoms with Crippen LogP contribution >= 0.6 is 11.6 Å². The lowest BCUT2D eigenvalue weighted by Crippen LogP contribution is -2.46. The number of hydrogen-bond donors (Lipinski definition) is 1. The Morgan fingerprint density at radius 3 is 2.47 bits per heavy atom. The van der Waals surface area contributed by atoms with Gasteiger partial charge in [0, 0.05) is 12.1 Å². The second-order valence-corrected chi connectivity index (χ2v) is 5.27. The van der Waals surface area contributed by atoms with Crippen molar-refractivity contribution in [3.8, 4) is 5.75 Å². The predicted octanol–water partition coefficient (Wildman–Crippen LogP) is 2.16. The second kappa shape index (κ2) is 7.36. The highest BCUT2D eigenvalue weighted by Crippen LogP contribution is 2.15. The first-order valence-electron chi connectivity index (χ1n) is 6.30. The minimum absolute atomic E-state index is 0.0605. The zero-order chi connectivity index (χ0) is 14.4. The van der Waals surface area contributed by atoms with Gasteiger partial charge in [0.1, 0.15) is 12.4 Å². The summed E-state index contributed by atoms with van der Waals surface area (Å²) in [5.74, 6) is 0.806. The molecule has 0 spiro atoms. The highest BCUT2D eigenvalue weighted by molar-refractivity contribution is 6.30. The SMILES string of the molecule is CC(C)[C@@H](N)C(=O)N(C)CCOc1ccc(Cl)cc1. The van der Waals surface area contributed by atoms with E-state index in [-0.39, 0.29) is 11.8 Å². The van der Waals surface area contributed by atoms with Crippen molar-refractivity contribution in [1.29, 1.82) is 0 Å². The molecule has 1 atom stereocenters. The molecule has 0 saturated heterocycles. The van der Waals surface area contributed by atoms with Crippen molar-refractivity contribution >= 4 is 17.5 Å². The number of likely N-dealkylation sites (N-methyl/N-ethyl adjacent to an activating group) is 1. The first kappa shape index (κ1) is 15.8. The Labute approximate surface area is 119 Å². The summed E-state index contributed by atoms with van der Waals surface area (Å²) in [6.45, 7) is 4.79. The smallest absolute Gasteiger partial charge is 0.239 e. The fourth-order valence-electron chi connectivity index (χ4n) is 1.48. The molecule has 1 rings (SSSR count). The van der Waals surface area contributed by atoms with Crippen LogP contribution in [0, 0.1) is 5.92 Å². The van der Waals surface area contributed by atoms with E-state index >= 15 is 0 Å². The normalized spacial score (nSPS) is 12.3. The molecule has 1 aromatic carbocycles. The predicted molar refractivity (Wildman–Crippen MR) is 77.4 cm³/mol. The fraction of sp³-hybridized carbons (Fsp3) is 0.500. The van der Waals surface area contributed by atoms with Gasteiger partial charge < -0.3 is 15.4 Å². The van der Waals surface area contributed by atoms with Crippen LogP contribution in [-0.4, -0.2) is 37.0 Å². The summed E-state index contributed by atoms with van der Waals surface area (Å²) in [6, 6.07) is 6.66. The molecule has 0 radical (unpaired) electrons. The zero-order valence-electron chi connectivity index (χ0n) is 11.6. The third-order valence-corrected chi connectivity index (χ3v) is 3.14. The quantitative estimate of drug-likeness (QED) is 0.871. The van der Waals surface area contributed by atoms with E-state index in [9.17, 15) is 4.79 Å². The summed E-state index contributed by atoms with van der Waals surface area (Å²) in [6.07, 6.45) is 0. The Balaban J connectivity index is 2.36. The summed E-state index contributed by atoms with van der Waals surface area (Å²) in [7, 11) is 1.73. The van der Waals surface area contributed by atoms with Crippen molar-refractivity contribution < 1.29 is 9.53 Å². The molecule has 0 aliphatic carbocycles. The number of ether oxygens (including phenoxy) is 1. The third kappa shape index (κ3) is 5.09. The lowest BCUT2D eigenvalue weighted by Gasteiger charge is -2.23. The molecule has 0 saturated carbocycles. The van der Waals surface area contributed by atoms with Gasteiger partial charge in [0.15, 0.2) is 0 Å². The van der Waals surface area contributed by atoms with E-state index in [1.807, 2.05) is 13.8 Å². The monoisotopic (exact) mass is 284 g/mol. The van der Waals surface area contributed by atoms with Gasteiger partial charge in [-0.05, 0) is 30.2 Å². The molecule has 1 aromatic rings. The van der Waals surface area contributed by atoms with Gasteiger partial charge in [-0.25, -0.2) is 0 Å². The van der Waals surface area contributed by atoms with Crippen LogP contribution in [0.15, 0.2) is 24.3 Å². The lowest BCUT2D eigenvalue weighted by molar-refractivity contribution is -0.132. The zero-order valence-corrected chi connectivity index (χ0v) is 12.4. The van der Waals surface area contributed by atoms with E-state index in [0.717, 1.165) is 5.75 Å². The van der Waals surface area contributed by atoms with E-state index in [2.05, 4.69) is 0 Å². The first-order chi connectivity index (χ1) is 8.91. The summed E-state index contributed by atoms with van der Waals surface area (Å²) in [5.41, 5.74) is 5.81. The molecule has 2 N–H and O–H groups in total. The molecular weight excluding hydrogens is 264 g/mol. The summed E-state index contributed by atoms with van der Waals surface area (Å²) < 4.78 is 5.53. The Morgan fingerprint density at radius 2 is 1.95 bits per heavy atom. The Kier molecular flexibility index (Phi) is 6.12. The molecule has 0 fully saturated rings. The summed E-state index contributed by atoms with van der Waals surface area (Å²) in [5, 5.41) is 0.669. The Hall–Kier alpha value is -1.26. The number of nitrogens with zero attached hydrogens (tertiary/aromatic N) is 1. The van der Waals surface area contributed by atoms with Crippen LogP contribution in [0.4, 0.5) is 0 Å². The van der Waals surface area contributed by atoms with Crippen LogP contribution < -0.4 is 10.5 Å². The largest absolute Gasteiger partial charge is 0.492 e. The highest BCUT2D eigenvalue weighted by atomic mass is 35.5. The number of hydrogen-bond acceptors (Lipinski definition) is 3. The van der Waals surface area contributed by atoms with Crippen LogP contribution in [0.3, 0.4) is 0 Å². The van der Waals surface area contributed by atoms with E-state index in [1.54, 1.807) is 36.2 Å². The van der Waals surface area contributed by atoms with Gasteiger partial charge in [-0.2, -0.15) is 0 Å². The van der Waals surface area contributed by atoms with Crippen LogP contribution in [0.25, 0.3) is 0 Å². The van der Waals surface area contributed by atoms with Crippen molar-refractivity contribution in [2.75, 3.05) is 20.2 Å². The average Bonchev–Trinajstić information content (AvgIpc) is 2.39. The van der Waals surface area contributed by atoms with Crippen LogP contribution in [0.1, 0.15) is 13.8 Å². The summed E-state index contributed by atoms with van der Waals surface area (Å²) in [4.78, 5) is 13.5. The van der Waals surface area contributed by atoms with Gasteiger partial charge in [-0.1, -0.05) is 25.4 Å². The molecule has 0 aliphatic heterocycles. The molecule has 4 nitrogen and oxygen atoms in total. The number of halogens is 1. The van der Waals surface area contributed by atoms with Gasteiger partial charge in [-0.15, -0.1) is 0 Å². The molecule has 0 heterocycles. The average molecular weight is 285 g/mol. The van der Waals surface area contributed by atoms with Gasteiger partial charge in [-0.3, -0.25) is 4.79 Å². The van der Waals surface area contributed by atoms with Crippen molar-refractivity contribution in [2.45, 2.75) is 19.9 Å². The first-order valence-corrected chi connectivity index (χ1v) is 6.68. The summed E-state index contributed by atoms with van der Waals surface area (Å²) >= 11 is 5.78. The Bertz CT molecular complexity index is 406. The number of carbonyl (C=O) groups is 1. The third-order valence-electron chi connectivity index (χ3n) is 2.89. The maximum atomic E-state index is 11.9. The van der Waals surface area contributed by atoms with Gasteiger partial charge in [0.2, 0.25) is 5.91 Å².